The van der Waals surface area contributed by atoms with Gasteiger partial charge < -0.3 is 9.73 Å². The van der Waals surface area contributed by atoms with Crippen LogP contribution in [0, 0.1) is 6.92 Å². The minimum Gasteiger partial charge on any atom is -0.418 e. The minimum atomic E-state index is -0.0643. The van der Waals surface area contributed by atoms with Crippen LogP contribution in [0.4, 0.5) is 5.69 Å². The highest BCUT2D eigenvalue weighted by Gasteiger charge is 2.15. The highest BCUT2D eigenvalue weighted by molar-refractivity contribution is 9.10. The number of hydrogen-bond donors (Lipinski definition) is 1. The zero-order valence-corrected chi connectivity index (χ0v) is 14.0. The van der Waals surface area contributed by atoms with Gasteiger partial charge in [-0.05, 0) is 49.7 Å². The van der Waals surface area contributed by atoms with E-state index in [9.17, 15) is 0 Å². The third-order valence-corrected chi connectivity index (χ3v) is 4.26. The molecule has 5 heteroatoms. The normalized spacial score (nSPS) is 12.1. The number of rotatable bonds is 4. The van der Waals surface area contributed by atoms with Crippen LogP contribution in [0.3, 0.4) is 0 Å². The summed E-state index contributed by atoms with van der Waals surface area (Å²) >= 11 is 3.50. The van der Waals surface area contributed by atoms with Gasteiger partial charge in [-0.1, -0.05) is 34.1 Å². The first-order valence-electron chi connectivity index (χ1n) is 7.05. The number of halogens is 1. The molecule has 1 unspecified atom stereocenters. The molecule has 0 amide bonds. The molecule has 1 heterocycles. The van der Waals surface area contributed by atoms with Gasteiger partial charge in [0.25, 0.3) is 0 Å². The summed E-state index contributed by atoms with van der Waals surface area (Å²) < 4.78 is 6.86. The lowest BCUT2D eigenvalue weighted by molar-refractivity contribution is 0.485. The molecule has 2 aromatic carbocycles. The molecule has 0 spiro atoms. The van der Waals surface area contributed by atoms with E-state index in [2.05, 4.69) is 44.4 Å². The van der Waals surface area contributed by atoms with Crippen LogP contribution in [0.15, 0.2) is 57.4 Å². The van der Waals surface area contributed by atoms with Crippen LogP contribution in [0.2, 0.25) is 0 Å². The van der Waals surface area contributed by atoms with Crippen molar-refractivity contribution < 1.29 is 4.42 Å². The maximum atomic E-state index is 5.76. The first-order valence-corrected chi connectivity index (χ1v) is 7.84. The standard InChI is InChI=1S/C17H16BrN3O/c1-11-10-14(8-9-15(11)18)19-12(2)16-20-21-17(22-16)13-6-4-3-5-7-13/h3-10,12,19H,1-2H3. The number of hydrogen-bond acceptors (Lipinski definition) is 4. The van der Waals surface area contributed by atoms with E-state index in [0.29, 0.717) is 11.8 Å². The largest absolute Gasteiger partial charge is 0.418 e. The Morgan fingerprint density at radius 3 is 2.59 bits per heavy atom. The van der Waals surface area contributed by atoms with Crippen LogP contribution >= 0.6 is 15.9 Å². The highest BCUT2D eigenvalue weighted by atomic mass is 79.9. The molecule has 0 aliphatic carbocycles. The van der Waals surface area contributed by atoms with Gasteiger partial charge in [0, 0.05) is 15.7 Å². The molecule has 4 nitrogen and oxygen atoms in total. The average molecular weight is 358 g/mol. The second-order valence-electron chi connectivity index (χ2n) is 5.14. The lowest BCUT2D eigenvalue weighted by Crippen LogP contribution is -2.07. The molecule has 22 heavy (non-hydrogen) atoms. The molecule has 0 fully saturated rings. The summed E-state index contributed by atoms with van der Waals surface area (Å²) in [7, 11) is 0. The quantitative estimate of drug-likeness (QED) is 0.715. The first kappa shape index (κ1) is 14.8. The second-order valence-corrected chi connectivity index (χ2v) is 6.00. The fraction of sp³-hybridized carbons (Fsp3) is 0.176. The zero-order chi connectivity index (χ0) is 15.5. The summed E-state index contributed by atoms with van der Waals surface area (Å²) in [6.07, 6.45) is 0. The summed E-state index contributed by atoms with van der Waals surface area (Å²) in [6.45, 7) is 4.06. The monoisotopic (exact) mass is 357 g/mol. The van der Waals surface area contributed by atoms with Crippen molar-refractivity contribution in [3.63, 3.8) is 0 Å². The molecular formula is C17H16BrN3O. The van der Waals surface area contributed by atoms with Crippen molar-refractivity contribution in [2.75, 3.05) is 5.32 Å². The summed E-state index contributed by atoms with van der Waals surface area (Å²) in [6, 6.07) is 15.8. The van der Waals surface area contributed by atoms with Crippen molar-refractivity contribution in [1.82, 2.24) is 10.2 Å². The van der Waals surface area contributed by atoms with E-state index in [1.165, 1.54) is 5.56 Å². The smallest absolute Gasteiger partial charge is 0.247 e. The number of nitrogens with one attached hydrogen (secondary N) is 1. The fourth-order valence-corrected chi connectivity index (χ4v) is 2.40. The van der Waals surface area contributed by atoms with Crippen molar-refractivity contribution in [2.45, 2.75) is 19.9 Å². The fourth-order valence-electron chi connectivity index (χ4n) is 2.15. The Kier molecular flexibility index (Phi) is 4.24. The van der Waals surface area contributed by atoms with Crippen molar-refractivity contribution in [3.05, 3.63) is 64.5 Å². The van der Waals surface area contributed by atoms with Gasteiger partial charge in [-0.15, -0.1) is 10.2 Å². The van der Waals surface area contributed by atoms with E-state index in [1.54, 1.807) is 0 Å². The van der Waals surface area contributed by atoms with Crippen LogP contribution < -0.4 is 5.32 Å². The maximum absolute atomic E-state index is 5.76. The zero-order valence-electron chi connectivity index (χ0n) is 12.4. The lowest BCUT2D eigenvalue weighted by atomic mass is 10.2. The van der Waals surface area contributed by atoms with Gasteiger partial charge in [0.05, 0.1) is 0 Å². The SMILES string of the molecule is Cc1cc(NC(C)c2nnc(-c3ccccc3)o2)ccc1Br. The molecule has 0 saturated heterocycles. The van der Waals surface area contributed by atoms with Gasteiger partial charge >= 0.3 is 0 Å². The van der Waals surface area contributed by atoms with E-state index in [1.807, 2.05) is 49.4 Å². The molecule has 0 aliphatic rings. The molecule has 3 rings (SSSR count). The van der Waals surface area contributed by atoms with Gasteiger partial charge in [-0.2, -0.15) is 0 Å². The predicted octanol–water partition coefficient (Wildman–Crippen LogP) is 4.98. The van der Waals surface area contributed by atoms with Crippen LogP contribution in [0.5, 0.6) is 0 Å². The Balaban J connectivity index is 1.77. The topological polar surface area (TPSA) is 51.0 Å². The summed E-state index contributed by atoms with van der Waals surface area (Å²) in [5.41, 5.74) is 3.12. The van der Waals surface area contributed by atoms with E-state index in [4.69, 9.17) is 4.42 Å². The molecule has 3 aromatic rings. The van der Waals surface area contributed by atoms with Crippen LogP contribution in [0.25, 0.3) is 11.5 Å². The first-order chi connectivity index (χ1) is 10.6. The minimum absolute atomic E-state index is 0.0643. The number of benzene rings is 2. The van der Waals surface area contributed by atoms with Gasteiger partial charge in [0.15, 0.2) is 0 Å². The predicted molar refractivity (Wildman–Crippen MR) is 90.7 cm³/mol. The van der Waals surface area contributed by atoms with Crippen molar-refractivity contribution in [3.8, 4) is 11.5 Å². The van der Waals surface area contributed by atoms with Crippen LogP contribution in [-0.4, -0.2) is 10.2 Å². The number of aromatic nitrogens is 2. The molecule has 0 aliphatic heterocycles. The maximum Gasteiger partial charge on any atom is 0.247 e. The number of nitrogens with zero attached hydrogens (tertiary/aromatic N) is 2. The van der Waals surface area contributed by atoms with Gasteiger partial charge in [0.1, 0.15) is 6.04 Å². The molecular weight excluding hydrogens is 342 g/mol. The van der Waals surface area contributed by atoms with Gasteiger partial charge in [0.2, 0.25) is 11.8 Å². The summed E-state index contributed by atoms with van der Waals surface area (Å²) in [5.74, 6) is 1.11. The van der Waals surface area contributed by atoms with Crippen LogP contribution in [-0.2, 0) is 0 Å². The number of aryl methyl sites for hydroxylation is 1. The molecule has 1 aromatic heterocycles. The average Bonchev–Trinajstić information content (AvgIpc) is 3.02. The Bertz CT molecular complexity index is 771. The van der Waals surface area contributed by atoms with Gasteiger partial charge in [-0.25, -0.2) is 0 Å². The summed E-state index contributed by atoms with van der Waals surface area (Å²) in [4.78, 5) is 0. The molecule has 0 radical (unpaired) electrons. The summed E-state index contributed by atoms with van der Waals surface area (Å²) in [5, 5.41) is 11.6. The van der Waals surface area contributed by atoms with Crippen molar-refractivity contribution in [1.29, 1.82) is 0 Å². The van der Waals surface area contributed by atoms with Crippen molar-refractivity contribution >= 4 is 21.6 Å². The molecule has 0 bridgehead atoms. The Morgan fingerprint density at radius 2 is 1.86 bits per heavy atom. The molecule has 1 atom stereocenters. The number of anilines is 1. The molecule has 112 valence electrons. The highest BCUT2D eigenvalue weighted by Crippen LogP contribution is 2.25. The van der Waals surface area contributed by atoms with E-state index >= 15 is 0 Å². The third-order valence-electron chi connectivity index (χ3n) is 3.37. The second kappa shape index (κ2) is 6.32. The van der Waals surface area contributed by atoms with E-state index < -0.39 is 0 Å². The van der Waals surface area contributed by atoms with E-state index in [-0.39, 0.29) is 6.04 Å². The molecule has 1 N–H and O–H groups in total. The Hall–Kier alpha value is -2.14. The van der Waals surface area contributed by atoms with Crippen molar-refractivity contribution in [2.24, 2.45) is 0 Å². The lowest BCUT2D eigenvalue weighted by Gasteiger charge is -2.12. The Morgan fingerprint density at radius 1 is 1.09 bits per heavy atom. The van der Waals surface area contributed by atoms with Gasteiger partial charge in [-0.3, -0.25) is 0 Å². The van der Waals surface area contributed by atoms with Crippen LogP contribution in [0.1, 0.15) is 24.4 Å². The Labute approximate surface area is 137 Å². The van der Waals surface area contributed by atoms with E-state index in [0.717, 1.165) is 15.7 Å². The molecule has 0 saturated carbocycles. The third kappa shape index (κ3) is 3.20.